The number of hydrogen-bond donors (Lipinski definition) is 2. The molecule has 1 atom stereocenters. The van der Waals surface area contributed by atoms with Gasteiger partial charge in [-0.25, -0.2) is 0 Å². The maximum Gasteiger partial charge on any atom is 0.232 e. The third kappa shape index (κ3) is 5.82. The highest BCUT2D eigenvalue weighted by Crippen LogP contribution is 2.19. The molecule has 2 heterocycles. The quantitative estimate of drug-likeness (QED) is 0.787. The summed E-state index contributed by atoms with van der Waals surface area (Å²) in [5.41, 5.74) is 7.88. The Kier molecular flexibility index (Phi) is 6.49. The molecule has 0 saturated carbocycles. The van der Waals surface area contributed by atoms with Crippen molar-refractivity contribution in [3.8, 4) is 0 Å². The van der Waals surface area contributed by atoms with E-state index in [0.717, 1.165) is 25.2 Å². The van der Waals surface area contributed by atoms with Crippen LogP contribution in [0.15, 0.2) is 24.3 Å². The van der Waals surface area contributed by atoms with Crippen LogP contribution in [0.2, 0.25) is 0 Å². The third-order valence-electron chi connectivity index (χ3n) is 4.47. The summed E-state index contributed by atoms with van der Waals surface area (Å²) >= 11 is 1.51. The third-order valence-corrected chi connectivity index (χ3v) is 5.39. The van der Waals surface area contributed by atoms with Crippen molar-refractivity contribution in [2.45, 2.75) is 32.4 Å². The number of piperidine rings is 1. The summed E-state index contributed by atoms with van der Waals surface area (Å²) in [7, 11) is 0. The summed E-state index contributed by atoms with van der Waals surface area (Å²) in [5, 5.41) is 3.14. The first-order valence-corrected chi connectivity index (χ1v) is 10.3. The second-order valence-corrected chi connectivity index (χ2v) is 7.99. The number of aryl methyl sites for hydroxylation is 1. The minimum atomic E-state index is 0.173. The molecule has 1 aliphatic rings. The number of nitrogens with two attached hydrogens (primary N) is 1. The number of hydrogen-bond acceptors (Lipinski definition) is 7. The van der Waals surface area contributed by atoms with Crippen molar-refractivity contribution in [3.63, 3.8) is 0 Å². The highest BCUT2D eigenvalue weighted by molar-refractivity contribution is 7.99. The summed E-state index contributed by atoms with van der Waals surface area (Å²) in [5.74, 6) is 2.88. The van der Waals surface area contributed by atoms with Crippen molar-refractivity contribution in [2.24, 2.45) is 5.92 Å². The van der Waals surface area contributed by atoms with Crippen LogP contribution >= 0.6 is 11.8 Å². The molecule has 144 valence electrons. The van der Waals surface area contributed by atoms with Gasteiger partial charge in [0.2, 0.25) is 17.8 Å². The van der Waals surface area contributed by atoms with E-state index in [2.05, 4.69) is 27.2 Å². The van der Waals surface area contributed by atoms with Gasteiger partial charge < -0.3 is 16.0 Å². The Labute approximate surface area is 164 Å². The van der Waals surface area contributed by atoms with Crippen LogP contribution in [0.25, 0.3) is 0 Å². The zero-order valence-corrected chi connectivity index (χ0v) is 16.6. The molecule has 0 radical (unpaired) electrons. The minimum absolute atomic E-state index is 0.173. The average molecular weight is 387 g/mol. The Morgan fingerprint density at radius 3 is 2.81 bits per heavy atom. The van der Waals surface area contributed by atoms with Crippen molar-refractivity contribution < 1.29 is 4.79 Å². The lowest BCUT2D eigenvalue weighted by molar-refractivity contribution is -0.130. The molecule has 8 heteroatoms. The van der Waals surface area contributed by atoms with Gasteiger partial charge in [0, 0.05) is 18.8 Å². The lowest BCUT2D eigenvalue weighted by Gasteiger charge is -2.30. The Balaban J connectivity index is 1.54. The highest BCUT2D eigenvalue weighted by atomic mass is 32.2. The van der Waals surface area contributed by atoms with E-state index >= 15 is 0 Å². The van der Waals surface area contributed by atoms with E-state index in [0.29, 0.717) is 29.2 Å². The molecule has 1 fully saturated rings. The zero-order chi connectivity index (χ0) is 19.2. The summed E-state index contributed by atoms with van der Waals surface area (Å²) in [6.07, 6.45) is 2.30. The van der Waals surface area contributed by atoms with Crippen LogP contribution in [0.1, 0.15) is 31.2 Å². The maximum absolute atomic E-state index is 12.4. The highest BCUT2D eigenvalue weighted by Gasteiger charge is 2.20. The number of nitrogens with one attached hydrogen (secondary N) is 1. The number of aromatic nitrogens is 3. The molecule has 1 aromatic heterocycles. The fraction of sp³-hybridized carbons (Fsp3) is 0.474. The van der Waals surface area contributed by atoms with E-state index < -0.39 is 0 Å². The van der Waals surface area contributed by atoms with Gasteiger partial charge in [-0.3, -0.25) is 4.79 Å². The van der Waals surface area contributed by atoms with Gasteiger partial charge >= 0.3 is 0 Å². The Bertz CT molecular complexity index is 782. The van der Waals surface area contributed by atoms with Gasteiger partial charge in [0.05, 0.1) is 11.5 Å². The van der Waals surface area contributed by atoms with E-state index in [9.17, 15) is 4.79 Å². The largest absolute Gasteiger partial charge is 0.368 e. The molecule has 27 heavy (non-hydrogen) atoms. The van der Waals surface area contributed by atoms with Gasteiger partial charge in [-0.2, -0.15) is 15.0 Å². The van der Waals surface area contributed by atoms with Crippen LogP contribution in [-0.2, 0) is 10.5 Å². The number of nitrogen functional groups attached to an aromatic ring is 1. The number of rotatable bonds is 6. The SMILES string of the molecule is Cc1ccc(Nc2nc(N)nc(CSCC(=O)N3CCC[C@H](C)C3)n2)cc1. The fourth-order valence-electron chi connectivity index (χ4n) is 3.06. The Morgan fingerprint density at radius 1 is 1.30 bits per heavy atom. The smallest absolute Gasteiger partial charge is 0.232 e. The summed E-state index contributed by atoms with van der Waals surface area (Å²) < 4.78 is 0. The fourth-order valence-corrected chi connectivity index (χ4v) is 3.83. The standard InChI is InChI=1S/C19H26N6OS/c1-13-5-7-15(8-6-13)21-19-23-16(22-18(20)24-19)11-27-12-17(26)25-9-3-4-14(2)10-25/h5-8,14H,3-4,9-12H2,1-2H3,(H3,20,21,22,23,24)/t14-/m0/s1. The number of thioether (sulfide) groups is 1. The van der Waals surface area contributed by atoms with Crippen molar-refractivity contribution in [1.82, 2.24) is 19.9 Å². The monoisotopic (exact) mass is 386 g/mol. The molecule has 1 aliphatic heterocycles. The van der Waals surface area contributed by atoms with E-state index in [4.69, 9.17) is 5.73 Å². The number of benzene rings is 1. The summed E-state index contributed by atoms with van der Waals surface area (Å²) in [6.45, 7) is 5.96. The molecule has 1 aromatic carbocycles. The number of anilines is 3. The van der Waals surface area contributed by atoms with E-state index in [1.807, 2.05) is 36.1 Å². The van der Waals surface area contributed by atoms with Gasteiger partial charge in [0.25, 0.3) is 0 Å². The van der Waals surface area contributed by atoms with Gasteiger partial charge in [0.15, 0.2) is 0 Å². The lowest BCUT2D eigenvalue weighted by atomic mass is 10.0. The molecule has 0 spiro atoms. The number of amides is 1. The molecule has 1 saturated heterocycles. The summed E-state index contributed by atoms with van der Waals surface area (Å²) in [4.78, 5) is 27.0. The molecule has 0 aliphatic carbocycles. The summed E-state index contributed by atoms with van der Waals surface area (Å²) in [6, 6.07) is 7.94. The molecule has 1 amide bonds. The van der Waals surface area contributed by atoms with E-state index in [-0.39, 0.29) is 11.9 Å². The predicted octanol–water partition coefficient (Wildman–Crippen LogP) is 3.00. The number of nitrogens with zero attached hydrogens (tertiary/aromatic N) is 4. The topological polar surface area (TPSA) is 97.0 Å². The van der Waals surface area contributed by atoms with Gasteiger partial charge in [-0.1, -0.05) is 24.6 Å². The average Bonchev–Trinajstić information content (AvgIpc) is 2.63. The number of likely N-dealkylation sites (tertiary alicyclic amines) is 1. The van der Waals surface area contributed by atoms with Crippen molar-refractivity contribution in [2.75, 3.05) is 29.9 Å². The molecular weight excluding hydrogens is 360 g/mol. The predicted molar refractivity (Wildman–Crippen MR) is 110 cm³/mol. The van der Waals surface area contributed by atoms with Crippen LogP contribution in [0, 0.1) is 12.8 Å². The molecule has 2 aromatic rings. The van der Waals surface area contributed by atoms with Crippen LogP contribution in [0.3, 0.4) is 0 Å². The van der Waals surface area contributed by atoms with Gasteiger partial charge in [-0.05, 0) is 37.8 Å². The number of carbonyl (C=O) groups is 1. The second-order valence-electron chi connectivity index (χ2n) is 7.00. The molecule has 0 bridgehead atoms. The molecule has 0 unspecified atom stereocenters. The van der Waals surface area contributed by atoms with Crippen LogP contribution in [0.4, 0.5) is 17.6 Å². The van der Waals surface area contributed by atoms with Crippen molar-refractivity contribution in [1.29, 1.82) is 0 Å². The van der Waals surface area contributed by atoms with Gasteiger partial charge in [-0.15, -0.1) is 11.8 Å². The van der Waals surface area contributed by atoms with Gasteiger partial charge in [0.1, 0.15) is 5.82 Å². The second kappa shape index (κ2) is 9.03. The molecule has 3 rings (SSSR count). The van der Waals surface area contributed by atoms with Crippen LogP contribution in [-0.4, -0.2) is 44.6 Å². The molecule has 3 N–H and O–H groups in total. The van der Waals surface area contributed by atoms with E-state index in [1.54, 1.807) is 0 Å². The Morgan fingerprint density at radius 2 is 2.07 bits per heavy atom. The van der Waals surface area contributed by atoms with Crippen molar-refractivity contribution in [3.05, 3.63) is 35.7 Å². The molecular formula is C19H26N6OS. The molecule has 7 nitrogen and oxygen atoms in total. The number of carbonyl (C=O) groups excluding carboxylic acids is 1. The first-order chi connectivity index (χ1) is 13.0. The maximum atomic E-state index is 12.4. The Hall–Kier alpha value is -2.35. The minimum Gasteiger partial charge on any atom is -0.368 e. The lowest BCUT2D eigenvalue weighted by Crippen LogP contribution is -2.40. The van der Waals surface area contributed by atoms with Crippen LogP contribution < -0.4 is 11.1 Å². The first kappa shape index (κ1) is 19.4. The zero-order valence-electron chi connectivity index (χ0n) is 15.8. The van der Waals surface area contributed by atoms with E-state index in [1.165, 1.54) is 23.7 Å². The van der Waals surface area contributed by atoms with Crippen LogP contribution in [0.5, 0.6) is 0 Å². The first-order valence-electron chi connectivity index (χ1n) is 9.19. The normalized spacial score (nSPS) is 17.0. The van der Waals surface area contributed by atoms with Crippen molar-refractivity contribution >= 4 is 35.3 Å².